The number of aromatic amines is 1. The molecule has 1 amide bonds. The van der Waals surface area contributed by atoms with Crippen molar-refractivity contribution in [1.82, 2.24) is 19.8 Å². The minimum atomic E-state index is 0.102. The molecule has 0 aliphatic carbocycles. The van der Waals surface area contributed by atoms with E-state index < -0.39 is 0 Å². The number of carbonyl (C=O) groups excluding carboxylic acids is 1. The van der Waals surface area contributed by atoms with Gasteiger partial charge in [0.25, 0.3) is 5.91 Å². The molecule has 1 aromatic carbocycles. The maximum atomic E-state index is 12.7. The second kappa shape index (κ2) is 6.66. The largest absolute Gasteiger partial charge is 0.345 e. The second-order valence-corrected chi connectivity index (χ2v) is 8.46. The number of H-pyrrole nitrogens is 1. The highest BCUT2D eigenvalue weighted by molar-refractivity contribution is 9.11. The molecule has 0 radical (unpaired) electrons. The van der Waals surface area contributed by atoms with E-state index in [2.05, 4.69) is 42.9 Å². The first-order valence-corrected chi connectivity index (χ1v) is 9.49. The van der Waals surface area contributed by atoms with Gasteiger partial charge in [-0.2, -0.15) is 0 Å². The summed E-state index contributed by atoms with van der Waals surface area (Å²) in [4.78, 5) is 25.7. The molecule has 0 atom stereocenters. The van der Waals surface area contributed by atoms with E-state index in [1.165, 1.54) is 8.66 Å². The fourth-order valence-corrected chi connectivity index (χ4v) is 4.54. The Bertz CT molecular complexity index is 866. The molecule has 3 aromatic rings. The number of carbonyl (C=O) groups is 1. The van der Waals surface area contributed by atoms with Crippen LogP contribution in [0.2, 0.25) is 0 Å². The van der Waals surface area contributed by atoms with Gasteiger partial charge in [-0.05, 0) is 46.3 Å². The maximum Gasteiger partial charge on any atom is 0.254 e. The van der Waals surface area contributed by atoms with Gasteiger partial charge in [-0.3, -0.25) is 9.69 Å². The molecule has 7 heteroatoms. The fourth-order valence-electron chi connectivity index (χ4n) is 3.02. The van der Waals surface area contributed by atoms with Crippen molar-refractivity contribution in [2.75, 3.05) is 26.2 Å². The number of imidazole rings is 1. The molecule has 4 rings (SSSR count). The van der Waals surface area contributed by atoms with E-state index >= 15 is 0 Å². The van der Waals surface area contributed by atoms with E-state index in [0.717, 1.165) is 49.3 Å². The third kappa shape index (κ3) is 3.24. The number of halogens is 1. The van der Waals surface area contributed by atoms with Crippen LogP contribution in [0, 0.1) is 0 Å². The lowest BCUT2D eigenvalue weighted by Crippen LogP contribution is -2.48. The standard InChI is InChI=1S/C17H17BrN4OS/c18-16-4-2-13(24-16)10-21-5-7-22(8-6-21)17(23)12-1-3-14-15(9-12)20-11-19-14/h1-4,9,11H,5-8,10H2,(H,19,20). The van der Waals surface area contributed by atoms with Gasteiger partial charge in [0.05, 0.1) is 21.1 Å². The summed E-state index contributed by atoms with van der Waals surface area (Å²) in [5, 5.41) is 0. The number of nitrogens with one attached hydrogen (secondary N) is 1. The average Bonchev–Trinajstić information content (AvgIpc) is 3.23. The Morgan fingerprint density at radius 3 is 2.79 bits per heavy atom. The Kier molecular flexibility index (Phi) is 4.39. The predicted octanol–water partition coefficient (Wildman–Crippen LogP) is 3.34. The zero-order chi connectivity index (χ0) is 16.5. The van der Waals surface area contributed by atoms with E-state index in [1.807, 2.05) is 23.1 Å². The number of fused-ring (bicyclic) bond motifs is 1. The molecule has 5 nitrogen and oxygen atoms in total. The molecule has 0 spiro atoms. The molecule has 2 aromatic heterocycles. The highest BCUT2D eigenvalue weighted by atomic mass is 79.9. The number of thiophene rings is 1. The van der Waals surface area contributed by atoms with Crippen molar-refractivity contribution in [3.8, 4) is 0 Å². The molecule has 1 aliphatic heterocycles. The summed E-state index contributed by atoms with van der Waals surface area (Å²) in [5.74, 6) is 0.102. The number of nitrogens with zero attached hydrogens (tertiary/aromatic N) is 3. The molecular formula is C17H17BrN4OS. The number of amides is 1. The van der Waals surface area contributed by atoms with Crippen LogP contribution in [0.5, 0.6) is 0 Å². The Morgan fingerprint density at radius 1 is 1.21 bits per heavy atom. The van der Waals surface area contributed by atoms with E-state index in [1.54, 1.807) is 17.7 Å². The Hall–Kier alpha value is -1.70. The minimum absolute atomic E-state index is 0.102. The monoisotopic (exact) mass is 404 g/mol. The van der Waals surface area contributed by atoms with Crippen molar-refractivity contribution in [3.05, 3.63) is 50.9 Å². The van der Waals surface area contributed by atoms with E-state index in [9.17, 15) is 4.79 Å². The molecule has 24 heavy (non-hydrogen) atoms. The fraction of sp³-hybridized carbons (Fsp3) is 0.294. The van der Waals surface area contributed by atoms with Gasteiger partial charge in [-0.25, -0.2) is 4.98 Å². The van der Waals surface area contributed by atoms with Crippen LogP contribution in [0.3, 0.4) is 0 Å². The predicted molar refractivity (Wildman–Crippen MR) is 99.3 cm³/mol. The summed E-state index contributed by atoms with van der Waals surface area (Å²) < 4.78 is 1.17. The topological polar surface area (TPSA) is 52.2 Å². The summed E-state index contributed by atoms with van der Waals surface area (Å²) in [5.41, 5.74) is 2.52. The number of rotatable bonds is 3. The van der Waals surface area contributed by atoms with Gasteiger partial charge in [0.2, 0.25) is 0 Å². The third-order valence-electron chi connectivity index (χ3n) is 4.33. The van der Waals surface area contributed by atoms with Crippen LogP contribution in [0.1, 0.15) is 15.2 Å². The zero-order valence-electron chi connectivity index (χ0n) is 13.0. The summed E-state index contributed by atoms with van der Waals surface area (Å²) in [6.07, 6.45) is 1.65. The first kappa shape index (κ1) is 15.8. The zero-order valence-corrected chi connectivity index (χ0v) is 15.4. The van der Waals surface area contributed by atoms with Gasteiger partial charge in [0.1, 0.15) is 0 Å². The lowest BCUT2D eigenvalue weighted by atomic mass is 10.1. The van der Waals surface area contributed by atoms with Crippen molar-refractivity contribution in [3.63, 3.8) is 0 Å². The normalized spacial score (nSPS) is 16.0. The van der Waals surface area contributed by atoms with Crippen molar-refractivity contribution >= 4 is 44.2 Å². The number of hydrogen-bond donors (Lipinski definition) is 1. The van der Waals surface area contributed by atoms with Gasteiger partial charge in [0.15, 0.2) is 0 Å². The van der Waals surface area contributed by atoms with Crippen LogP contribution in [0.15, 0.2) is 40.4 Å². The van der Waals surface area contributed by atoms with Gasteiger partial charge in [-0.15, -0.1) is 11.3 Å². The van der Waals surface area contributed by atoms with Gasteiger partial charge < -0.3 is 9.88 Å². The minimum Gasteiger partial charge on any atom is -0.345 e. The third-order valence-corrected chi connectivity index (χ3v) is 5.94. The first-order valence-electron chi connectivity index (χ1n) is 7.88. The van der Waals surface area contributed by atoms with Crippen molar-refractivity contribution in [2.45, 2.75) is 6.54 Å². The Morgan fingerprint density at radius 2 is 2.04 bits per heavy atom. The number of hydrogen-bond acceptors (Lipinski definition) is 4. The molecule has 0 saturated carbocycles. The van der Waals surface area contributed by atoms with Crippen LogP contribution in [0.25, 0.3) is 11.0 Å². The molecule has 0 unspecified atom stereocenters. The highest BCUT2D eigenvalue weighted by Crippen LogP contribution is 2.24. The van der Waals surface area contributed by atoms with Crippen molar-refractivity contribution in [2.24, 2.45) is 0 Å². The molecule has 3 heterocycles. The molecule has 1 saturated heterocycles. The Balaban J connectivity index is 1.38. The van der Waals surface area contributed by atoms with Crippen LogP contribution >= 0.6 is 27.3 Å². The van der Waals surface area contributed by atoms with Crippen molar-refractivity contribution < 1.29 is 4.79 Å². The van der Waals surface area contributed by atoms with E-state index in [-0.39, 0.29) is 5.91 Å². The summed E-state index contributed by atoms with van der Waals surface area (Å²) in [7, 11) is 0. The lowest BCUT2D eigenvalue weighted by Gasteiger charge is -2.34. The van der Waals surface area contributed by atoms with Crippen molar-refractivity contribution in [1.29, 1.82) is 0 Å². The molecule has 1 N–H and O–H groups in total. The lowest BCUT2D eigenvalue weighted by molar-refractivity contribution is 0.0630. The number of benzene rings is 1. The van der Waals surface area contributed by atoms with Gasteiger partial charge in [-0.1, -0.05) is 0 Å². The number of piperazine rings is 1. The van der Waals surface area contributed by atoms with E-state index in [4.69, 9.17) is 0 Å². The number of aromatic nitrogens is 2. The van der Waals surface area contributed by atoms with E-state index in [0.29, 0.717) is 0 Å². The van der Waals surface area contributed by atoms with Crippen LogP contribution in [-0.2, 0) is 6.54 Å². The smallest absolute Gasteiger partial charge is 0.254 e. The van der Waals surface area contributed by atoms with Crippen LogP contribution in [0.4, 0.5) is 0 Å². The molecular weight excluding hydrogens is 388 g/mol. The summed E-state index contributed by atoms with van der Waals surface area (Å²) >= 11 is 5.28. The van der Waals surface area contributed by atoms with Crippen LogP contribution < -0.4 is 0 Å². The molecule has 0 bridgehead atoms. The summed E-state index contributed by atoms with van der Waals surface area (Å²) in [6, 6.07) is 9.89. The average molecular weight is 405 g/mol. The SMILES string of the molecule is O=C(c1ccc2nc[nH]c2c1)N1CCN(Cc2ccc(Br)s2)CC1. The quantitative estimate of drug-likeness (QED) is 0.727. The highest BCUT2D eigenvalue weighted by Gasteiger charge is 2.22. The van der Waals surface area contributed by atoms with Gasteiger partial charge >= 0.3 is 0 Å². The first-order chi connectivity index (χ1) is 11.7. The maximum absolute atomic E-state index is 12.7. The second-order valence-electron chi connectivity index (χ2n) is 5.91. The van der Waals surface area contributed by atoms with Gasteiger partial charge in [0, 0.05) is 43.2 Å². The Labute approximate surface area is 152 Å². The summed E-state index contributed by atoms with van der Waals surface area (Å²) in [6.45, 7) is 4.32. The molecule has 1 aliphatic rings. The molecule has 124 valence electrons. The molecule has 1 fully saturated rings. The van der Waals surface area contributed by atoms with Crippen LogP contribution in [-0.4, -0.2) is 51.9 Å².